The maximum atomic E-state index is 11.6. The summed E-state index contributed by atoms with van der Waals surface area (Å²) in [6.45, 7) is 8.97. The molecule has 4 nitrogen and oxygen atoms in total. The van der Waals surface area contributed by atoms with E-state index >= 15 is 0 Å². The summed E-state index contributed by atoms with van der Waals surface area (Å²) in [6.07, 6.45) is 2.14. The summed E-state index contributed by atoms with van der Waals surface area (Å²) in [7, 11) is 0. The standard InChI is InChI=1S/C14H23NO3/c1-6-7-8-9-10-12(16)11(2)15-13(17)18-14(3,4)5/h11H,6-8H2,1-5H3,(H,15,17)/t11-/m0/s1. The van der Waals surface area contributed by atoms with Gasteiger partial charge in [-0.1, -0.05) is 19.3 Å². The molecule has 0 fully saturated rings. The molecule has 0 saturated heterocycles. The second-order valence-electron chi connectivity index (χ2n) is 5.14. The van der Waals surface area contributed by atoms with E-state index in [4.69, 9.17) is 4.74 Å². The first-order valence-corrected chi connectivity index (χ1v) is 6.28. The van der Waals surface area contributed by atoms with Gasteiger partial charge in [-0.15, -0.1) is 0 Å². The Morgan fingerprint density at radius 3 is 2.44 bits per heavy atom. The van der Waals surface area contributed by atoms with Crippen molar-refractivity contribution >= 4 is 11.9 Å². The first-order valence-electron chi connectivity index (χ1n) is 6.28. The number of hydrogen-bond acceptors (Lipinski definition) is 3. The van der Waals surface area contributed by atoms with Crippen molar-refractivity contribution < 1.29 is 14.3 Å². The predicted molar refractivity (Wildman–Crippen MR) is 71.1 cm³/mol. The number of ketones is 1. The van der Waals surface area contributed by atoms with Gasteiger partial charge in [0, 0.05) is 6.42 Å². The third kappa shape index (κ3) is 8.63. The molecule has 0 aromatic rings. The van der Waals surface area contributed by atoms with Crippen molar-refractivity contribution in [1.82, 2.24) is 5.32 Å². The zero-order chi connectivity index (χ0) is 14.2. The number of amides is 1. The van der Waals surface area contributed by atoms with Gasteiger partial charge in [0.25, 0.3) is 0 Å². The SMILES string of the molecule is CCCCC#CC(=O)[C@H](C)NC(=O)OC(C)(C)C. The van der Waals surface area contributed by atoms with Crippen LogP contribution in [0.5, 0.6) is 0 Å². The lowest BCUT2D eigenvalue weighted by Crippen LogP contribution is -2.41. The summed E-state index contributed by atoms with van der Waals surface area (Å²) < 4.78 is 5.05. The molecule has 0 unspecified atom stereocenters. The van der Waals surface area contributed by atoms with E-state index in [2.05, 4.69) is 24.1 Å². The van der Waals surface area contributed by atoms with Crippen molar-refractivity contribution in [3.05, 3.63) is 0 Å². The lowest BCUT2D eigenvalue weighted by molar-refractivity contribution is -0.115. The van der Waals surface area contributed by atoms with E-state index in [-0.39, 0.29) is 5.78 Å². The van der Waals surface area contributed by atoms with Crippen molar-refractivity contribution in [2.45, 2.75) is 65.5 Å². The number of carbonyl (C=O) groups is 2. The molecular formula is C14H23NO3. The normalized spacial score (nSPS) is 12.1. The monoisotopic (exact) mass is 253 g/mol. The lowest BCUT2D eigenvalue weighted by Gasteiger charge is -2.20. The van der Waals surface area contributed by atoms with E-state index in [1.807, 2.05) is 0 Å². The molecule has 0 radical (unpaired) electrons. The molecule has 0 aliphatic rings. The third-order valence-corrected chi connectivity index (χ3v) is 1.99. The minimum Gasteiger partial charge on any atom is -0.444 e. The van der Waals surface area contributed by atoms with Crippen LogP contribution < -0.4 is 5.32 Å². The van der Waals surface area contributed by atoms with Gasteiger partial charge in [0.15, 0.2) is 0 Å². The van der Waals surface area contributed by atoms with E-state index < -0.39 is 17.7 Å². The molecule has 0 aliphatic carbocycles. The summed E-state index contributed by atoms with van der Waals surface area (Å²) in [5.74, 6) is 5.03. The topological polar surface area (TPSA) is 55.4 Å². The molecule has 1 atom stereocenters. The van der Waals surface area contributed by atoms with E-state index in [1.54, 1.807) is 27.7 Å². The molecule has 0 bridgehead atoms. The van der Waals surface area contributed by atoms with Crippen LogP contribution in [0, 0.1) is 11.8 Å². The highest BCUT2D eigenvalue weighted by Crippen LogP contribution is 2.06. The molecule has 4 heteroatoms. The molecule has 0 aliphatic heterocycles. The van der Waals surface area contributed by atoms with E-state index in [9.17, 15) is 9.59 Å². The Kier molecular flexibility index (Phi) is 7.11. The Bertz CT molecular complexity index is 344. The van der Waals surface area contributed by atoms with Gasteiger partial charge in [-0.2, -0.15) is 0 Å². The van der Waals surface area contributed by atoms with Crippen LogP contribution in [-0.2, 0) is 9.53 Å². The smallest absolute Gasteiger partial charge is 0.408 e. The molecule has 102 valence electrons. The zero-order valence-electron chi connectivity index (χ0n) is 11.9. The molecule has 0 saturated carbocycles. The Balaban J connectivity index is 4.14. The molecule has 1 amide bonds. The van der Waals surface area contributed by atoms with Crippen molar-refractivity contribution in [3.63, 3.8) is 0 Å². The lowest BCUT2D eigenvalue weighted by atomic mass is 10.2. The number of carbonyl (C=O) groups excluding carboxylic acids is 2. The highest BCUT2D eigenvalue weighted by atomic mass is 16.6. The van der Waals surface area contributed by atoms with Gasteiger partial charge in [0.05, 0.1) is 0 Å². The Morgan fingerprint density at radius 1 is 1.33 bits per heavy atom. The number of alkyl carbamates (subject to hydrolysis) is 1. The zero-order valence-corrected chi connectivity index (χ0v) is 11.9. The van der Waals surface area contributed by atoms with Crippen LogP contribution in [0.3, 0.4) is 0 Å². The van der Waals surface area contributed by atoms with E-state index in [0.29, 0.717) is 6.42 Å². The van der Waals surface area contributed by atoms with Crippen LogP contribution in [0.15, 0.2) is 0 Å². The summed E-state index contributed by atoms with van der Waals surface area (Å²) in [6, 6.07) is -0.644. The molecule has 0 aromatic carbocycles. The fraction of sp³-hybridized carbons (Fsp3) is 0.714. The molecule has 0 spiro atoms. The van der Waals surface area contributed by atoms with Crippen LogP contribution >= 0.6 is 0 Å². The van der Waals surface area contributed by atoms with Gasteiger partial charge in [-0.3, -0.25) is 4.79 Å². The molecular weight excluding hydrogens is 230 g/mol. The van der Waals surface area contributed by atoms with E-state index in [0.717, 1.165) is 12.8 Å². The minimum atomic E-state index is -0.644. The number of nitrogens with one attached hydrogen (secondary N) is 1. The first kappa shape index (κ1) is 16.5. The van der Waals surface area contributed by atoms with Gasteiger partial charge in [-0.05, 0) is 40.0 Å². The van der Waals surface area contributed by atoms with Gasteiger partial charge < -0.3 is 10.1 Å². The van der Waals surface area contributed by atoms with Gasteiger partial charge in [0.1, 0.15) is 11.6 Å². The van der Waals surface area contributed by atoms with Gasteiger partial charge in [0.2, 0.25) is 5.78 Å². The maximum Gasteiger partial charge on any atom is 0.408 e. The van der Waals surface area contributed by atoms with Crippen molar-refractivity contribution in [1.29, 1.82) is 0 Å². The fourth-order valence-corrected chi connectivity index (χ4v) is 1.07. The molecule has 0 heterocycles. The quantitative estimate of drug-likeness (QED) is 0.476. The molecule has 0 rings (SSSR count). The summed E-state index contributed by atoms with van der Waals surface area (Å²) >= 11 is 0. The number of Topliss-reactive ketones (excluding diaryl/α,β-unsaturated/α-hetero) is 1. The number of rotatable bonds is 4. The van der Waals surface area contributed by atoms with Crippen molar-refractivity contribution in [2.75, 3.05) is 0 Å². The average molecular weight is 253 g/mol. The molecule has 18 heavy (non-hydrogen) atoms. The third-order valence-electron chi connectivity index (χ3n) is 1.99. The minimum absolute atomic E-state index is 0.294. The Hall–Kier alpha value is -1.50. The van der Waals surface area contributed by atoms with Crippen LogP contribution in [0.4, 0.5) is 4.79 Å². The second-order valence-corrected chi connectivity index (χ2v) is 5.14. The maximum absolute atomic E-state index is 11.6. The largest absolute Gasteiger partial charge is 0.444 e. The highest BCUT2D eigenvalue weighted by molar-refractivity contribution is 6.00. The van der Waals surface area contributed by atoms with Crippen LogP contribution in [0.1, 0.15) is 53.9 Å². The predicted octanol–water partition coefficient (Wildman–Crippen LogP) is 2.66. The van der Waals surface area contributed by atoms with Gasteiger partial charge >= 0.3 is 6.09 Å². The second kappa shape index (κ2) is 7.75. The summed E-state index contributed by atoms with van der Waals surface area (Å²) in [4.78, 5) is 23.0. The van der Waals surface area contributed by atoms with E-state index in [1.165, 1.54) is 0 Å². The Morgan fingerprint density at radius 2 is 1.94 bits per heavy atom. The van der Waals surface area contributed by atoms with Crippen LogP contribution in [-0.4, -0.2) is 23.5 Å². The number of unbranched alkanes of at least 4 members (excludes halogenated alkanes) is 2. The average Bonchev–Trinajstić information content (AvgIpc) is 2.21. The van der Waals surface area contributed by atoms with Crippen molar-refractivity contribution in [3.8, 4) is 11.8 Å². The molecule has 1 N–H and O–H groups in total. The van der Waals surface area contributed by atoms with Crippen LogP contribution in [0.2, 0.25) is 0 Å². The van der Waals surface area contributed by atoms with Gasteiger partial charge in [-0.25, -0.2) is 4.79 Å². The Labute approximate surface area is 109 Å². The number of hydrogen-bond donors (Lipinski definition) is 1. The summed E-state index contributed by atoms with van der Waals surface area (Å²) in [5, 5.41) is 2.46. The molecule has 0 aromatic heterocycles. The fourth-order valence-electron chi connectivity index (χ4n) is 1.07. The highest BCUT2D eigenvalue weighted by Gasteiger charge is 2.19. The van der Waals surface area contributed by atoms with Crippen molar-refractivity contribution in [2.24, 2.45) is 0 Å². The first-order chi connectivity index (χ1) is 8.26. The number of ether oxygens (including phenoxy) is 1. The van der Waals surface area contributed by atoms with Crippen LogP contribution in [0.25, 0.3) is 0 Å². The summed E-state index contributed by atoms with van der Waals surface area (Å²) in [5.41, 5.74) is -0.570.